The van der Waals surface area contributed by atoms with Crippen LogP contribution in [0, 0.1) is 0 Å². The third-order valence-corrected chi connectivity index (χ3v) is 3.76. The summed E-state index contributed by atoms with van der Waals surface area (Å²) < 4.78 is 11.4. The molecular weight excluding hydrogens is 230 g/mol. The van der Waals surface area contributed by atoms with Crippen LogP contribution in [0.3, 0.4) is 0 Å². The average Bonchev–Trinajstić information content (AvgIpc) is 2.88. The molecular formula is C13H19N3O2. The number of hydrogen-bond donors (Lipinski definition) is 1. The molecule has 1 aromatic heterocycles. The van der Waals surface area contributed by atoms with Gasteiger partial charge >= 0.3 is 0 Å². The molecule has 1 aromatic rings. The third kappa shape index (κ3) is 2.68. The highest BCUT2D eigenvalue weighted by Crippen LogP contribution is 2.35. The van der Waals surface area contributed by atoms with E-state index in [1.165, 1.54) is 0 Å². The highest BCUT2D eigenvalue weighted by molar-refractivity contribution is 4.99. The first-order chi connectivity index (χ1) is 8.86. The van der Waals surface area contributed by atoms with Gasteiger partial charge in [-0.05, 0) is 25.0 Å². The van der Waals surface area contributed by atoms with E-state index in [9.17, 15) is 0 Å². The second-order valence-electron chi connectivity index (χ2n) is 4.98. The van der Waals surface area contributed by atoms with Crippen LogP contribution in [0.5, 0.6) is 0 Å². The van der Waals surface area contributed by atoms with E-state index in [-0.39, 0.29) is 5.79 Å². The van der Waals surface area contributed by atoms with Crippen molar-refractivity contribution >= 4 is 0 Å². The van der Waals surface area contributed by atoms with E-state index in [0.717, 1.165) is 51.1 Å². The number of rotatable bonds is 3. The van der Waals surface area contributed by atoms with Crippen LogP contribution in [-0.4, -0.2) is 35.2 Å². The van der Waals surface area contributed by atoms with Crippen molar-refractivity contribution in [2.45, 2.75) is 44.1 Å². The van der Waals surface area contributed by atoms with Gasteiger partial charge in [-0.2, -0.15) is 10.2 Å². The first-order valence-electron chi connectivity index (χ1n) is 6.64. The van der Waals surface area contributed by atoms with Gasteiger partial charge in [0, 0.05) is 31.6 Å². The van der Waals surface area contributed by atoms with Crippen molar-refractivity contribution in [1.29, 1.82) is 0 Å². The van der Waals surface area contributed by atoms with Crippen molar-refractivity contribution in [2.24, 2.45) is 0 Å². The molecule has 0 bridgehead atoms. The molecule has 0 unspecified atom stereocenters. The van der Waals surface area contributed by atoms with E-state index in [2.05, 4.69) is 15.5 Å². The maximum atomic E-state index is 5.72. The molecule has 0 radical (unpaired) electrons. The lowest BCUT2D eigenvalue weighted by atomic mass is 9.90. The lowest BCUT2D eigenvalue weighted by Gasteiger charge is -2.35. The van der Waals surface area contributed by atoms with Crippen LogP contribution in [-0.2, 0) is 16.0 Å². The van der Waals surface area contributed by atoms with Crippen LogP contribution in [0.2, 0.25) is 0 Å². The largest absolute Gasteiger partial charge is 0.348 e. The van der Waals surface area contributed by atoms with E-state index in [0.29, 0.717) is 6.04 Å². The van der Waals surface area contributed by atoms with Crippen LogP contribution >= 0.6 is 0 Å². The second kappa shape index (κ2) is 5.30. The van der Waals surface area contributed by atoms with Crippen LogP contribution < -0.4 is 5.32 Å². The first-order valence-corrected chi connectivity index (χ1v) is 6.64. The minimum atomic E-state index is -0.259. The maximum Gasteiger partial charge on any atom is 0.168 e. The molecule has 2 fully saturated rings. The number of nitrogens with one attached hydrogen (secondary N) is 1. The van der Waals surface area contributed by atoms with Gasteiger partial charge in [0.15, 0.2) is 5.79 Å². The molecule has 1 saturated carbocycles. The van der Waals surface area contributed by atoms with E-state index >= 15 is 0 Å². The molecule has 2 aliphatic rings. The van der Waals surface area contributed by atoms with Gasteiger partial charge in [-0.25, -0.2) is 0 Å². The highest BCUT2D eigenvalue weighted by atomic mass is 16.7. The Morgan fingerprint density at radius 1 is 1.28 bits per heavy atom. The molecule has 2 heterocycles. The van der Waals surface area contributed by atoms with Gasteiger partial charge in [0.05, 0.1) is 18.9 Å². The molecule has 98 valence electrons. The van der Waals surface area contributed by atoms with Crippen LogP contribution in [0.4, 0.5) is 0 Å². The third-order valence-electron chi connectivity index (χ3n) is 3.76. The number of hydrogen-bond acceptors (Lipinski definition) is 5. The smallest absolute Gasteiger partial charge is 0.168 e. The lowest BCUT2D eigenvalue weighted by Crippen LogP contribution is -2.41. The SMILES string of the molecule is c1cnnc(CNC2CCC3(CC2)OCCO3)c1. The van der Waals surface area contributed by atoms with Crippen LogP contribution in [0.25, 0.3) is 0 Å². The lowest BCUT2D eigenvalue weighted by molar-refractivity contribution is -0.179. The molecule has 5 nitrogen and oxygen atoms in total. The van der Waals surface area contributed by atoms with Gasteiger partial charge in [0.2, 0.25) is 0 Å². The monoisotopic (exact) mass is 249 g/mol. The van der Waals surface area contributed by atoms with Gasteiger partial charge in [0.1, 0.15) is 0 Å². The molecule has 1 spiro atoms. The van der Waals surface area contributed by atoms with Gasteiger partial charge in [-0.1, -0.05) is 0 Å². The molecule has 3 rings (SSSR count). The minimum Gasteiger partial charge on any atom is -0.348 e. The van der Waals surface area contributed by atoms with E-state index in [1.807, 2.05) is 12.1 Å². The fourth-order valence-corrected chi connectivity index (χ4v) is 2.72. The van der Waals surface area contributed by atoms with Crippen molar-refractivity contribution in [3.8, 4) is 0 Å². The number of aromatic nitrogens is 2. The Morgan fingerprint density at radius 2 is 2.06 bits per heavy atom. The summed E-state index contributed by atoms with van der Waals surface area (Å²) in [5, 5.41) is 11.5. The fraction of sp³-hybridized carbons (Fsp3) is 0.692. The van der Waals surface area contributed by atoms with E-state index in [1.54, 1.807) is 6.20 Å². The zero-order valence-corrected chi connectivity index (χ0v) is 10.5. The first kappa shape index (κ1) is 12.0. The minimum absolute atomic E-state index is 0.259. The normalized spacial score (nSPS) is 23.6. The number of ether oxygens (including phenoxy) is 2. The average molecular weight is 249 g/mol. The Morgan fingerprint density at radius 3 is 2.72 bits per heavy atom. The Hall–Kier alpha value is -1.04. The topological polar surface area (TPSA) is 56.3 Å². The molecule has 0 amide bonds. The zero-order valence-electron chi connectivity index (χ0n) is 10.5. The fourth-order valence-electron chi connectivity index (χ4n) is 2.72. The molecule has 0 aromatic carbocycles. The second-order valence-corrected chi connectivity index (χ2v) is 4.98. The van der Waals surface area contributed by atoms with Gasteiger partial charge < -0.3 is 14.8 Å². The number of nitrogens with zero attached hydrogens (tertiary/aromatic N) is 2. The van der Waals surface area contributed by atoms with Crippen molar-refractivity contribution in [1.82, 2.24) is 15.5 Å². The summed E-state index contributed by atoms with van der Waals surface area (Å²) in [7, 11) is 0. The summed E-state index contributed by atoms with van der Waals surface area (Å²) in [6.07, 6.45) is 5.87. The summed E-state index contributed by atoms with van der Waals surface area (Å²) in [6, 6.07) is 4.44. The predicted octanol–water partition coefficient (Wildman–Crippen LogP) is 1.25. The molecule has 1 N–H and O–H groups in total. The van der Waals surface area contributed by atoms with Crippen molar-refractivity contribution in [2.75, 3.05) is 13.2 Å². The molecule has 0 atom stereocenters. The molecule has 1 saturated heterocycles. The summed E-state index contributed by atoms with van der Waals surface area (Å²) in [5.74, 6) is -0.259. The molecule has 1 aliphatic heterocycles. The van der Waals surface area contributed by atoms with Crippen LogP contribution in [0.15, 0.2) is 18.3 Å². The summed E-state index contributed by atoms with van der Waals surface area (Å²) in [4.78, 5) is 0. The van der Waals surface area contributed by atoms with Gasteiger partial charge in [0.25, 0.3) is 0 Å². The Balaban J connectivity index is 1.46. The molecule has 18 heavy (non-hydrogen) atoms. The summed E-state index contributed by atoms with van der Waals surface area (Å²) in [6.45, 7) is 2.28. The van der Waals surface area contributed by atoms with E-state index in [4.69, 9.17) is 9.47 Å². The molecule has 5 heteroatoms. The Bertz CT molecular complexity index is 369. The van der Waals surface area contributed by atoms with Gasteiger partial charge in [-0.3, -0.25) is 0 Å². The van der Waals surface area contributed by atoms with Crippen molar-refractivity contribution < 1.29 is 9.47 Å². The standard InChI is InChI=1S/C13H19N3O2/c1-2-12(16-15-7-1)10-14-11-3-5-13(6-4-11)17-8-9-18-13/h1-2,7,11,14H,3-6,8-10H2. The summed E-state index contributed by atoms with van der Waals surface area (Å²) in [5.41, 5.74) is 0.992. The van der Waals surface area contributed by atoms with Crippen molar-refractivity contribution in [3.05, 3.63) is 24.0 Å². The Kier molecular flexibility index (Phi) is 3.54. The Labute approximate surface area is 107 Å². The quantitative estimate of drug-likeness (QED) is 0.873. The highest BCUT2D eigenvalue weighted by Gasteiger charge is 2.40. The maximum absolute atomic E-state index is 5.72. The summed E-state index contributed by atoms with van der Waals surface area (Å²) >= 11 is 0. The zero-order chi connectivity index (χ0) is 12.3. The van der Waals surface area contributed by atoms with Gasteiger partial charge in [-0.15, -0.1) is 0 Å². The van der Waals surface area contributed by atoms with E-state index < -0.39 is 0 Å². The van der Waals surface area contributed by atoms with Crippen LogP contribution in [0.1, 0.15) is 31.4 Å². The molecule has 1 aliphatic carbocycles. The van der Waals surface area contributed by atoms with Crippen molar-refractivity contribution in [3.63, 3.8) is 0 Å². The predicted molar refractivity (Wildman–Crippen MR) is 65.8 cm³/mol.